The van der Waals surface area contributed by atoms with E-state index in [1.165, 1.54) is 5.56 Å². The Morgan fingerprint density at radius 1 is 0.968 bits per heavy atom. The summed E-state index contributed by atoms with van der Waals surface area (Å²) in [7, 11) is 1.64. The van der Waals surface area contributed by atoms with Gasteiger partial charge in [0.25, 0.3) is 0 Å². The highest BCUT2D eigenvalue weighted by atomic mass is 35.5. The van der Waals surface area contributed by atoms with Crippen LogP contribution in [0.5, 0.6) is 5.75 Å². The summed E-state index contributed by atoms with van der Waals surface area (Å²) in [5, 5.41) is 6.56. The Labute approximate surface area is 189 Å². The van der Waals surface area contributed by atoms with E-state index in [1.54, 1.807) is 7.11 Å². The molecule has 0 saturated carbocycles. The van der Waals surface area contributed by atoms with Gasteiger partial charge in [-0.1, -0.05) is 25.1 Å². The lowest BCUT2D eigenvalue weighted by molar-refractivity contribution is -0.00000743. The van der Waals surface area contributed by atoms with Gasteiger partial charge >= 0.3 is 1.43 Å². The van der Waals surface area contributed by atoms with Gasteiger partial charge in [0.1, 0.15) is 5.75 Å². The number of rotatable bonds is 7. The fourth-order valence-electron chi connectivity index (χ4n) is 3.16. The third kappa shape index (κ3) is 5.96. The van der Waals surface area contributed by atoms with Gasteiger partial charge in [-0.2, -0.15) is 15.0 Å². The predicted octanol–water partition coefficient (Wildman–Crippen LogP) is 0.883. The third-order valence-electron chi connectivity index (χ3n) is 4.86. The van der Waals surface area contributed by atoms with E-state index in [9.17, 15) is 0 Å². The van der Waals surface area contributed by atoms with Crippen molar-refractivity contribution in [2.24, 2.45) is 0 Å². The molecular weight excluding hydrogens is 416 g/mol. The van der Waals surface area contributed by atoms with Crippen LogP contribution in [0, 0.1) is 0 Å². The van der Waals surface area contributed by atoms with Gasteiger partial charge in [-0.15, -0.1) is 0 Å². The second-order valence-electron chi connectivity index (χ2n) is 6.91. The van der Waals surface area contributed by atoms with Gasteiger partial charge in [-0.25, -0.2) is 0 Å². The van der Waals surface area contributed by atoms with Crippen LogP contribution in [0.1, 0.15) is 13.9 Å². The van der Waals surface area contributed by atoms with Crippen molar-refractivity contribution in [3.63, 3.8) is 0 Å². The van der Waals surface area contributed by atoms with Gasteiger partial charge in [0.15, 0.2) is 0 Å². The summed E-state index contributed by atoms with van der Waals surface area (Å²) in [6.45, 7) is 4.94. The van der Waals surface area contributed by atoms with E-state index >= 15 is 0 Å². The predicted molar refractivity (Wildman–Crippen MR) is 119 cm³/mol. The standard InChI is InChI=1S/C22H26N6O2.ClH/c1-3-16-7-9-17(10-8-16)23-20-25-21(24-18-5-4-6-19(15-18)29-2)27-22(26-20)28-11-13-30-14-12-28;/h4-10,15H,3,11-14H2,1-2H3,(H2,23,24,25,26,27);1H. The summed E-state index contributed by atoms with van der Waals surface area (Å²) in [5.41, 5.74) is 3.05. The number of halogens is 1. The second kappa shape index (κ2) is 10.8. The van der Waals surface area contributed by atoms with Gasteiger partial charge in [0.05, 0.1) is 20.3 Å². The van der Waals surface area contributed by atoms with Gasteiger partial charge in [0.2, 0.25) is 17.8 Å². The van der Waals surface area contributed by atoms with E-state index in [0.29, 0.717) is 31.1 Å². The maximum atomic E-state index is 5.46. The van der Waals surface area contributed by atoms with E-state index in [1.807, 2.05) is 36.4 Å². The highest BCUT2D eigenvalue weighted by Crippen LogP contribution is 2.23. The molecule has 3 aromatic rings. The average Bonchev–Trinajstić information content (AvgIpc) is 2.80. The van der Waals surface area contributed by atoms with Gasteiger partial charge in [-0.3, -0.25) is 0 Å². The topological polar surface area (TPSA) is 84.4 Å². The van der Waals surface area contributed by atoms with Crippen molar-refractivity contribution in [3.8, 4) is 5.75 Å². The van der Waals surface area contributed by atoms with E-state index in [0.717, 1.165) is 36.6 Å². The highest BCUT2D eigenvalue weighted by molar-refractivity contribution is 5.60. The van der Waals surface area contributed by atoms with Crippen molar-refractivity contribution in [1.29, 1.82) is 0 Å². The highest BCUT2D eigenvalue weighted by Gasteiger charge is 2.17. The van der Waals surface area contributed by atoms with E-state index < -0.39 is 0 Å². The minimum absolute atomic E-state index is 0. The van der Waals surface area contributed by atoms with Crippen LogP contribution in [0.3, 0.4) is 0 Å². The lowest BCUT2D eigenvalue weighted by Gasteiger charge is -2.27. The Kier molecular flexibility index (Phi) is 7.86. The Bertz CT molecular complexity index is 986. The van der Waals surface area contributed by atoms with E-state index in [-0.39, 0.29) is 13.8 Å². The minimum atomic E-state index is 0. The summed E-state index contributed by atoms with van der Waals surface area (Å²) in [5.74, 6) is 2.33. The summed E-state index contributed by atoms with van der Waals surface area (Å²) in [6, 6.07) is 15.9. The lowest BCUT2D eigenvalue weighted by Crippen LogP contribution is -3.00. The summed E-state index contributed by atoms with van der Waals surface area (Å²) in [4.78, 5) is 16.0. The molecule has 0 bridgehead atoms. The molecule has 164 valence electrons. The van der Waals surface area contributed by atoms with Crippen molar-refractivity contribution >= 4 is 29.2 Å². The van der Waals surface area contributed by atoms with Crippen LogP contribution in [0.15, 0.2) is 48.5 Å². The molecule has 0 atom stereocenters. The van der Waals surface area contributed by atoms with Crippen molar-refractivity contribution in [2.45, 2.75) is 13.3 Å². The zero-order valence-electron chi connectivity index (χ0n) is 18.6. The normalized spacial score (nSPS) is 13.3. The fraction of sp³-hybridized carbons (Fsp3) is 0.318. The van der Waals surface area contributed by atoms with Crippen LogP contribution in [0.4, 0.5) is 29.2 Å². The number of methoxy groups -OCH3 is 1. The number of nitrogens with one attached hydrogen (secondary N) is 2. The Morgan fingerprint density at radius 2 is 1.65 bits per heavy atom. The van der Waals surface area contributed by atoms with Crippen LogP contribution in [0.2, 0.25) is 0 Å². The van der Waals surface area contributed by atoms with E-state index in [4.69, 9.17) is 9.47 Å². The first-order valence-corrected chi connectivity index (χ1v) is 10.1. The molecule has 1 aromatic heterocycles. The van der Waals surface area contributed by atoms with Crippen molar-refractivity contribution < 1.29 is 23.3 Å². The zero-order valence-corrected chi connectivity index (χ0v) is 18.4. The molecule has 31 heavy (non-hydrogen) atoms. The van der Waals surface area contributed by atoms with Crippen LogP contribution < -0.4 is 32.7 Å². The lowest BCUT2D eigenvalue weighted by atomic mass is 10.1. The quantitative estimate of drug-likeness (QED) is 0.558. The zero-order chi connectivity index (χ0) is 20.8. The average molecular weight is 443 g/mol. The van der Waals surface area contributed by atoms with E-state index in [2.05, 4.69) is 49.5 Å². The molecule has 0 unspecified atom stereocenters. The fourth-order valence-corrected chi connectivity index (χ4v) is 3.16. The SMILES string of the molecule is CCc1ccc(Nc2nc(Nc3cccc(OC)c3)nc(N3CCOCC3)n2)cc1.[Cl-].[H+]. The first-order valence-electron chi connectivity index (χ1n) is 10.1. The molecule has 0 radical (unpaired) electrons. The maximum absolute atomic E-state index is 5.46. The molecule has 0 amide bonds. The molecule has 2 heterocycles. The molecule has 2 N–H and O–H groups in total. The number of hydrogen-bond acceptors (Lipinski definition) is 8. The number of nitrogens with zero attached hydrogens (tertiary/aromatic N) is 4. The molecule has 8 nitrogen and oxygen atoms in total. The van der Waals surface area contributed by atoms with Crippen molar-refractivity contribution in [1.82, 2.24) is 15.0 Å². The van der Waals surface area contributed by atoms with Crippen LogP contribution >= 0.6 is 0 Å². The van der Waals surface area contributed by atoms with Gasteiger partial charge in [-0.05, 0) is 36.2 Å². The van der Waals surface area contributed by atoms with Crippen molar-refractivity contribution in [3.05, 3.63) is 54.1 Å². The number of anilines is 5. The Hall–Kier alpha value is -3.10. The van der Waals surface area contributed by atoms with Crippen LogP contribution in [0.25, 0.3) is 0 Å². The number of aromatic nitrogens is 3. The third-order valence-corrected chi connectivity index (χ3v) is 4.86. The van der Waals surface area contributed by atoms with Crippen LogP contribution in [-0.4, -0.2) is 48.4 Å². The smallest absolute Gasteiger partial charge is 1.00 e. The molecule has 4 rings (SSSR count). The number of hydrogen-bond donors (Lipinski definition) is 2. The number of morpholine rings is 1. The molecule has 1 aliphatic rings. The van der Waals surface area contributed by atoms with Gasteiger partial charge < -0.3 is 37.4 Å². The summed E-state index contributed by atoms with van der Waals surface area (Å²) >= 11 is 0. The number of benzene rings is 2. The molecule has 1 aliphatic heterocycles. The molecule has 1 fully saturated rings. The molecule has 9 heteroatoms. The monoisotopic (exact) mass is 442 g/mol. The van der Waals surface area contributed by atoms with Crippen LogP contribution in [-0.2, 0) is 11.2 Å². The Morgan fingerprint density at radius 3 is 2.29 bits per heavy atom. The second-order valence-corrected chi connectivity index (χ2v) is 6.91. The largest absolute Gasteiger partial charge is 1.00 e. The summed E-state index contributed by atoms with van der Waals surface area (Å²) < 4.78 is 10.8. The minimum Gasteiger partial charge on any atom is -1.00 e. The molecule has 0 spiro atoms. The van der Waals surface area contributed by atoms with Gasteiger partial charge in [0, 0.05) is 30.5 Å². The molecular formula is C22H27ClN6O2. The first-order chi connectivity index (χ1) is 14.7. The Balaban J connectivity index is 0.00000181. The number of aryl methyl sites for hydroxylation is 1. The number of ether oxygens (including phenoxy) is 2. The molecule has 2 aromatic carbocycles. The molecule has 0 aliphatic carbocycles. The first kappa shape index (κ1) is 22.6. The summed E-state index contributed by atoms with van der Waals surface area (Å²) in [6.07, 6.45) is 1.00. The van der Waals surface area contributed by atoms with Crippen molar-refractivity contribution in [2.75, 3.05) is 48.9 Å². The molecule has 1 saturated heterocycles. The maximum Gasteiger partial charge on any atom is 1.00 e.